The van der Waals surface area contributed by atoms with E-state index in [9.17, 15) is 17.6 Å². The number of benzene rings is 1. The number of rotatable bonds is 6. The van der Waals surface area contributed by atoms with Gasteiger partial charge in [0.25, 0.3) is 0 Å². The monoisotopic (exact) mass is 422 g/mol. The lowest BCUT2D eigenvalue weighted by Gasteiger charge is -2.36. The Morgan fingerprint density at radius 2 is 1.90 bits per heavy atom. The molecule has 1 saturated carbocycles. The second-order valence-electron chi connectivity index (χ2n) is 8.90. The molecule has 0 radical (unpaired) electrons. The van der Waals surface area contributed by atoms with Gasteiger partial charge in [-0.3, -0.25) is 9.69 Å². The van der Waals surface area contributed by atoms with E-state index >= 15 is 0 Å². The van der Waals surface area contributed by atoms with Crippen LogP contribution in [0.15, 0.2) is 24.3 Å². The van der Waals surface area contributed by atoms with E-state index in [1.165, 1.54) is 6.07 Å². The quantitative estimate of drug-likeness (QED) is 0.707. The van der Waals surface area contributed by atoms with E-state index in [0.717, 1.165) is 57.1 Å². The van der Waals surface area contributed by atoms with Gasteiger partial charge in [0.05, 0.1) is 18.1 Å². The van der Waals surface area contributed by atoms with Crippen molar-refractivity contribution in [2.24, 2.45) is 0 Å². The van der Waals surface area contributed by atoms with Crippen LogP contribution in [-0.2, 0) is 21.1 Å². The molecule has 3 fully saturated rings. The molecule has 1 aromatic carbocycles. The molecule has 2 saturated heterocycles. The smallest absolute Gasteiger partial charge is 0.237 e. The highest BCUT2D eigenvalue weighted by Gasteiger charge is 2.40. The fourth-order valence-electron chi connectivity index (χ4n) is 5.41. The summed E-state index contributed by atoms with van der Waals surface area (Å²) in [5, 5.41) is 0. The van der Waals surface area contributed by atoms with Crippen molar-refractivity contribution in [3.63, 3.8) is 0 Å². The van der Waals surface area contributed by atoms with Crippen molar-refractivity contribution >= 4 is 15.7 Å². The minimum absolute atomic E-state index is 0.0742. The fourth-order valence-corrected chi connectivity index (χ4v) is 7.12. The van der Waals surface area contributed by atoms with Crippen LogP contribution in [-0.4, -0.2) is 66.8 Å². The third-order valence-electron chi connectivity index (χ3n) is 6.81. The number of hydrogen-bond acceptors (Lipinski definition) is 4. The Morgan fingerprint density at radius 3 is 2.59 bits per heavy atom. The lowest BCUT2D eigenvalue weighted by Crippen LogP contribution is -2.51. The van der Waals surface area contributed by atoms with Crippen molar-refractivity contribution in [3.8, 4) is 0 Å². The first kappa shape index (κ1) is 20.8. The van der Waals surface area contributed by atoms with Gasteiger partial charge in [0, 0.05) is 18.1 Å². The zero-order valence-electron chi connectivity index (χ0n) is 16.9. The van der Waals surface area contributed by atoms with Crippen LogP contribution in [0.25, 0.3) is 0 Å². The molecule has 1 amide bonds. The summed E-state index contributed by atoms with van der Waals surface area (Å²) < 4.78 is 37.6. The van der Waals surface area contributed by atoms with Crippen molar-refractivity contribution in [2.75, 3.05) is 24.6 Å². The number of carbonyl (C=O) groups excluding carboxylic acids is 1. The molecule has 0 spiro atoms. The van der Waals surface area contributed by atoms with Gasteiger partial charge in [-0.15, -0.1) is 0 Å². The normalized spacial score (nSPS) is 27.5. The zero-order valence-corrected chi connectivity index (χ0v) is 17.7. The van der Waals surface area contributed by atoms with Crippen LogP contribution in [0.3, 0.4) is 0 Å². The van der Waals surface area contributed by atoms with Crippen molar-refractivity contribution in [3.05, 3.63) is 35.6 Å². The first-order valence-electron chi connectivity index (χ1n) is 10.9. The largest absolute Gasteiger partial charge is 0.335 e. The van der Waals surface area contributed by atoms with E-state index < -0.39 is 9.84 Å². The number of carbonyl (C=O) groups is 1. The Bertz CT molecular complexity index is 838. The number of amides is 1. The van der Waals surface area contributed by atoms with E-state index in [4.69, 9.17) is 0 Å². The summed E-state index contributed by atoms with van der Waals surface area (Å²) in [7, 11) is -3.03. The Kier molecular flexibility index (Phi) is 6.25. The van der Waals surface area contributed by atoms with E-state index in [-0.39, 0.29) is 41.4 Å². The Morgan fingerprint density at radius 1 is 1.10 bits per heavy atom. The highest BCUT2D eigenvalue weighted by molar-refractivity contribution is 7.91. The molecule has 4 rings (SSSR count). The molecular formula is C22H31FN2O3S. The minimum Gasteiger partial charge on any atom is -0.335 e. The lowest BCUT2D eigenvalue weighted by molar-refractivity contribution is -0.137. The van der Waals surface area contributed by atoms with Crippen molar-refractivity contribution in [1.82, 2.24) is 9.80 Å². The molecule has 1 aromatic rings. The summed E-state index contributed by atoms with van der Waals surface area (Å²) in [5.41, 5.74) is 0.962. The number of halogens is 1. The molecule has 0 N–H and O–H groups in total. The topological polar surface area (TPSA) is 57.7 Å². The SMILES string of the molecule is O=C(CN1CCCC1Cc1cccc(F)c1)N(C1CCCC1)C1CCS(=O)(=O)C1. The van der Waals surface area contributed by atoms with Crippen LogP contribution < -0.4 is 0 Å². The minimum atomic E-state index is -3.03. The Labute approximate surface area is 173 Å². The number of likely N-dealkylation sites (tertiary alicyclic amines) is 1. The summed E-state index contributed by atoms with van der Waals surface area (Å²) in [5.74, 6) is 0.158. The molecule has 7 heteroatoms. The maximum Gasteiger partial charge on any atom is 0.237 e. The third-order valence-corrected chi connectivity index (χ3v) is 8.56. The van der Waals surface area contributed by atoms with Gasteiger partial charge < -0.3 is 4.90 Å². The third kappa shape index (κ3) is 5.00. The molecule has 160 valence electrons. The van der Waals surface area contributed by atoms with Gasteiger partial charge in [-0.25, -0.2) is 12.8 Å². The van der Waals surface area contributed by atoms with Crippen molar-refractivity contribution in [1.29, 1.82) is 0 Å². The molecule has 29 heavy (non-hydrogen) atoms. The number of hydrogen-bond donors (Lipinski definition) is 0. The molecule has 2 aliphatic heterocycles. The van der Waals surface area contributed by atoms with Gasteiger partial charge in [0.1, 0.15) is 5.82 Å². The molecule has 2 heterocycles. The van der Waals surface area contributed by atoms with Crippen LogP contribution in [0.5, 0.6) is 0 Å². The van der Waals surface area contributed by atoms with E-state index in [2.05, 4.69) is 4.90 Å². The maximum absolute atomic E-state index is 13.5. The van der Waals surface area contributed by atoms with Crippen LogP contribution >= 0.6 is 0 Å². The summed E-state index contributed by atoms with van der Waals surface area (Å²) in [4.78, 5) is 17.5. The average molecular weight is 423 g/mol. The molecule has 0 bridgehead atoms. The second kappa shape index (κ2) is 8.72. The first-order valence-corrected chi connectivity index (χ1v) is 12.7. The van der Waals surface area contributed by atoms with E-state index in [1.54, 1.807) is 12.1 Å². The number of sulfone groups is 1. The van der Waals surface area contributed by atoms with Gasteiger partial charge >= 0.3 is 0 Å². The first-order chi connectivity index (χ1) is 13.9. The Hall–Kier alpha value is -1.47. The maximum atomic E-state index is 13.5. The van der Waals surface area contributed by atoms with Gasteiger partial charge in [-0.2, -0.15) is 0 Å². The van der Waals surface area contributed by atoms with Crippen molar-refractivity contribution < 1.29 is 17.6 Å². The van der Waals surface area contributed by atoms with E-state index in [1.807, 2.05) is 11.0 Å². The second-order valence-corrected chi connectivity index (χ2v) is 11.1. The van der Waals surface area contributed by atoms with E-state index in [0.29, 0.717) is 13.0 Å². The molecule has 2 unspecified atom stereocenters. The predicted octanol–water partition coefficient (Wildman–Crippen LogP) is 2.79. The fraction of sp³-hybridized carbons (Fsp3) is 0.682. The molecule has 1 aliphatic carbocycles. The van der Waals surface area contributed by atoms with Gasteiger partial charge in [-0.05, 0) is 62.8 Å². The molecule has 3 aliphatic rings. The van der Waals surface area contributed by atoms with Gasteiger partial charge in [0.15, 0.2) is 9.84 Å². The Balaban J connectivity index is 1.44. The molecular weight excluding hydrogens is 391 g/mol. The molecule has 2 atom stereocenters. The number of nitrogens with zero attached hydrogens (tertiary/aromatic N) is 2. The van der Waals surface area contributed by atoms with Crippen LogP contribution in [0.1, 0.15) is 50.5 Å². The van der Waals surface area contributed by atoms with Crippen LogP contribution in [0.2, 0.25) is 0 Å². The average Bonchev–Trinajstić information content (AvgIpc) is 3.39. The zero-order chi connectivity index (χ0) is 20.4. The summed E-state index contributed by atoms with van der Waals surface area (Å²) >= 11 is 0. The highest BCUT2D eigenvalue weighted by atomic mass is 32.2. The van der Waals surface area contributed by atoms with Crippen molar-refractivity contribution in [2.45, 2.75) is 69.5 Å². The van der Waals surface area contributed by atoms with Crippen LogP contribution in [0, 0.1) is 5.82 Å². The summed E-state index contributed by atoms with van der Waals surface area (Å²) in [6.45, 7) is 1.21. The standard InChI is InChI=1S/C22H31FN2O3S/c23-18-6-3-5-17(13-18)14-20-9-4-11-24(20)15-22(26)25(19-7-1-2-8-19)21-10-12-29(27,28)16-21/h3,5-6,13,19-21H,1-2,4,7-12,14-16H2. The van der Waals surface area contributed by atoms with Gasteiger partial charge in [-0.1, -0.05) is 25.0 Å². The highest BCUT2D eigenvalue weighted by Crippen LogP contribution is 2.30. The molecule has 0 aromatic heterocycles. The predicted molar refractivity (Wildman–Crippen MR) is 111 cm³/mol. The summed E-state index contributed by atoms with van der Waals surface area (Å²) in [6.07, 6.45) is 7.53. The summed E-state index contributed by atoms with van der Waals surface area (Å²) in [6, 6.07) is 6.96. The van der Waals surface area contributed by atoms with Gasteiger partial charge in [0.2, 0.25) is 5.91 Å². The van der Waals surface area contributed by atoms with Crippen LogP contribution in [0.4, 0.5) is 4.39 Å². The molecule has 5 nitrogen and oxygen atoms in total. The lowest BCUT2D eigenvalue weighted by atomic mass is 10.0.